The van der Waals surface area contributed by atoms with Crippen LogP contribution in [0.1, 0.15) is 13.8 Å². The second-order valence-electron chi connectivity index (χ2n) is 5.00. The minimum absolute atomic E-state index is 0.0425. The Labute approximate surface area is 106 Å². The quantitative estimate of drug-likeness (QED) is 0.870. The van der Waals surface area contributed by atoms with Crippen LogP contribution in [-0.4, -0.2) is 29.9 Å². The number of rotatable bonds is 4. The lowest BCUT2D eigenvalue weighted by Crippen LogP contribution is -2.37. The molecule has 2 N–H and O–H groups in total. The van der Waals surface area contributed by atoms with E-state index in [-0.39, 0.29) is 16.0 Å². The molecular formula is C11H19ClN4O. The SMILES string of the molecule is CN(CC(C)(C)CN)c1cnn(C)c(=O)c1Cl. The van der Waals surface area contributed by atoms with Crippen molar-refractivity contribution in [1.82, 2.24) is 9.78 Å². The van der Waals surface area contributed by atoms with Crippen LogP contribution in [0.3, 0.4) is 0 Å². The second kappa shape index (κ2) is 5.06. The zero-order valence-electron chi connectivity index (χ0n) is 10.7. The molecule has 1 heterocycles. The lowest BCUT2D eigenvalue weighted by molar-refractivity contribution is 0.385. The highest BCUT2D eigenvalue weighted by atomic mass is 35.5. The van der Waals surface area contributed by atoms with Gasteiger partial charge in [-0.05, 0) is 12.0 Å². The maximum Gasteiger partial charge on any atom is 0.287 e. The van der Waals surface area contributed by atoms with E-state index in [1.165, 1.54) is 4.68 Å². The van der Waals surface area contributed by atoms with Crippen molar-refractivity contribution in [2.45, 2.75) is 13.8 Å². The Hall–Kier alpha value is -1.07. The van der Waals surface area contributed by atoms with Crippen molar-refractivity contribution in [2.24, 2.45) is 18.2 Å². The monoisotopic (exact) mass is 258 g/mol. The number of aryl methyl sites for hydroxylation is 1. The van der Waals surface area contributed by atoms with Crippen molar-refractivity contribution < 1.29 is 0 Å². The Bertz CT molecular complexity index is 455. The molecule has 6 heteroatoms. The largest absolute Gasteiger partial charge is 0.371 e. The zero-order valence-corrected chi connectivity index (χ0v) is 11.5. The fourth-order valence-corrected chi connectivity index (χ4v) is 1.88. The van der Waals surface area contributed by atoms with Crippen LogP contribution in [0, 0.1) is 5.41 Å². The molecule has 1 aromatic heterocycles. The van der Waals surface area contributed by atoms with E-state index in [9.17, 15) is 4.79 Å². The fraction of sp³-hybridized carbons (Fsp3) is 0.636. The molecule has 0 atom stereocenters. The van der Waals surface area contributed by atoms with Crippen LogP contribution in [0.4, 0.5) is 5.69 Å². The third-order valence-corrected chi connectivity index (χ3v) is 3.04. The Morgan fingerprint density at radius 1 is 1.59 bits per heavy atom. The maximum atomic E-state index is 11.6. The highest BCUT2D eigenvalue weighted by molar-refractivity contribution is 6.33. The summed E-state index contributed by atoms with van der Waals surface area (Å²) in [6.45, 7) is 5.39. The van der Waals surface area contributed by atoms with Crippen molar-refractivity contribution in [3.8, 4) is 0 Å². The Morgan fingerprint density at radius 2 is 2.18 bits per heavy atom. The first-order valence-corrected chi connectivity index (χ1v) is 5.79. The summed E-state index contributed by atoms with van der Waals surface area (Å²) in [4.78, 5) is 13.6. The number of aromatic nitrogens is 2. The molecular weight excluding hydrogens is 240 g/mol. The highest BCUT2D eigenvalue weighted by Crippen LogP contribution is 2.23. The average molecular weight is 259 g/mol. The predicted molar refractivity (Wildman–Crippen MR) is 70.6 cm³/mol. The van der Waals surface area contributed by atoms with Crippen molar-refractivity contribution in [1.29, 1.82) is 0 Å². The molecule has 0 aliphatic heterocycles. The Balaban J connectivity index is 3.02. The molecule has 0 aliphatic carbocycles. The Kier molecular flexibility index (Phi) is 4.16. The van der Waals surface area contributed by atoms with Crippen LogP contribution < -0.4 is 16.2 Å². The number of hydrogen-bond acceptors (Lipinski definition) is 4. The average Bonchev–Trinajstić information content (AvgIpc) is 2.25. The summed E-state index contributed by atoms with van der Waals surface area (Å²) >= 11 is 6.02. The molecule has 0 saturated heterocycles. The van der Waals surface area contributed by atoms with Gasteiger partial charge in [-0.25, -0.2) is 4.68 Å². The van der Waals surface area contributed by atoms with Gasteiger partial charge in [0.25, 0.3) is 5.56 Å². The molecule has 17 heavy (non-hydrogen) atoms. The molecule has 0 saturated carbocycles. The van der Waals surface area contributed by atoms with Crippen molar-refractivity contribution >= 4 is 17.3 Å². The summed E-state index contributed by atoms with van der Waals surface area (Å²) < 4.78 is 1.22. The molecule has 0 fully saturated rings. The zero-order chi connectivity index (χ0) is 13.2. The minimum atomic E-state index is -0.290. The molecule has 1 rings (SSSR count). The van der Waals surface area contributed by atoms with Crippen molar-refractivity contribution in [2.75, 3.05) is 25.0 Å². The van der Waals surface area contributed by atoms with Crippen LogP contribution in [0.2, 0.25) is 5.02 Å². The van der Waals surface area contributed by atoms with E-state index in [1.807, 2.05) is 11.9 Å². The van der Waals surface area contributed by atoms with Crippen LogP contribution >= 0.6 is 11.6 Å². The molecule has 0 amide bonds. The molecule has 96 valence electrons. The van der Waals surface area contributed by atoms with Gasteiger partial charge in [-0.1, -0.05) is 25.4 Å². The molecule has 5 nitrogen and oxygen atoms in total. The van der Waals surface area contributed by atoms with Gasteiger partial charge in [0.1, 0.15) is 5.02 Å². The van der Waals surface area contributed by atoms with Crippen LogP contribution in [0.5, 0.6) is 0 Å². The van der Waals surface area contributed by atoms with Gasteiger partial charge in [-0.2, -0.15) is 5.10 Å². The van der Waals surface area contributed by atoms with Gasteiger partial charge in [-0.15, -0.1) is 0 Å². The smallest absolute Gasteiger partial charge is 0.287 e. The van der Waals surface area contributed by atoms with Crippen LogP contribution in [0.15, 0.2) is 11.0 Å². The Morgan fingerprint density at radius 3 is 2.71 bits per heavy atom. The van der Waals surface area contributed by atoms with Crippen molar-refractivity contribution in [3.63, 3.8) is 0 Å². The molecule has 0 aliphatic rings. The summed E-state index contributed by atoms with van der Waals surface area (Å²) in [5, 5.41) is 4.16. The van der Waals surface area contributed by atoms with E-state index >= 15 is 0 Å². The van der Waals surface area contributed by atoms with Gasteiger partial charge < -0.3 is 10.6 Å². The van der Waals surface area contributed by atoms with Crippen LogP contribution in [-0.2, 0) is 7.05 Å². The lowest BCUT2D eigenvalue weighted by atomic mass is 9.93. The highest BCUT2D eigenvalue weighted by Gasteiger charge is 2.20. The third-order valence-electron chi connectivity index (χ3n) is 2.69. The lowest BCUT2D eigenvalue weighted by Gasteiger charge is -2.30. The molecule has 0 aromatic carbocycles. The predicted octanol–water partition coefficient (Wildman–Crippen LogP) is 0.855. The fourth-order valence-electron chi connectivity index (χ4n) is 1.56. The van der Waals surface area contributed by atoms with Gasteiger partial charge >= 0.3 is 0 Å². The molecule has 0 spiro atoms. The standard InChI is InChI=1S/C11H19ClN4O/c1-11(2,6-13)7-15(3)8-5-14-16(4)10(17)9(8)12/h5H,6-7,13H2,1-4H3. The summed E-state index contributed by atoms with van der Waals surface area (Å²) in [6, 6.07) is 0. The van der Waals surface area contributed by atoms with Gasteiger partial charge in [0, 0.05) is 20.6 Å². The summed E-state index contributed by atoms with van der Waals surface area (Å²) in [6.07, 6.45) is 1.59. The van der Waals surface area contributed by atoms with Crippen molar-refractivity contribution in [3.05, 3.63) is 21.6 Å². The summed E-state index contributed by atoms with van der Waals surface area (Å²) in [5.41, 5.74) is 5.99. The molecule has 0 bridgehead atoms. The number of nitrogens with two attached hydrogens (primary N) is 1. The molecule has 0 unspecified atom stereocenters. The van der Waals surface area contributed by atoms with E-state index in [1.54, 1.807) is 13.2 Å². The van der Waals surface area contributed by atoms with E-state index in [0.29, 0.717) is 18.8 Å². The minimum Gasteiger partial charge on any atom is -0.371 e. The number of halogens is 1. The van der Waals surface area contributed by atoms with Gasteiger partial charge in [0.2, 0.25) is 0 Å². The molecule has 0 radical (unpaired) electrons. The van der Waals surface area contributed by atoms with Crippen LogP contribution in [0.25, 0.3) is 0 Å². The van der Waals surface area contributed by atoms with E-state index in [0.717, 1.165) is 0 Å². The number of nitrogens with zero attached hydrogens (tertiary/aromatic N) is 3. The number of hydrogen-bond donors (Lipinski definition) is 1. The third kappa shape index (κ3) is 3.20. The van der Waals surface area contributed by atoms with E-state index in [4.69, 9.17) is 17.3 Å². The summed E-state index contributed by atoms with van der Waals surface area (Å²) in [5.74, 6) is 0. The van der Waals surface area contributed by atoms with Gasteiger partial charge in [0.15, 0.2) is 0 Å². The maximum absolute atomic E-state index is 11.6. The van der Waals surface area contributed by atoms with Gasteiger partial charge in [0.05, 0.1) is 11.9 Å². The number of anilines is 1. The first-order chi connectivity index (χ1) is 7.78. The summed E-state index contributed by atoms with van der Waals surface area (Å²) in [7, 11) is 3.45. The first kappa shape index (κ1) is 14.0. The first-order valence-electron chi connectivity index (χ1n) is 5.41. The molecule has 1 aromatic rings. The van der Waals surface area contributed by atoms with E-state index in [2.05, 4.69) is 18.9 Å². The topological polar surface area (TPSA) is 64.2 Å². The van der Waals surface area contributed by atoms with E-state index < -0.39 is 0 Å². The van der Waals surface area contributed by atoms with Gasteiger partial charge in [-0.3, -0.25) is 4.79 Å². The normalized spacial score (nSPS) is 11.6. The second-order valence-corrected chi connectivity index (χ2v) is 5.37.